The molecule has 1 N–H and O–H groups in total. The second kappa shape index (κ2) is 3.89. The van der Waals surface area contributed by atoms with Crippen molar-refractivity contribution in [2.75, 3.05) is 0 Å². The predicted octanol–water partition coefficient (Wildman–Crippen LogP) is 2.18. The van der Waals surface area contributed by atoms with Gasteiger partial charge in [0.1, 0.15) is 5.54 Å². The van der Waals surface area contributed by atoms with Gasteiger partial charge in [0, 0.05) is 6.20 Å². The van der Waals surface area contributed by atoms with E-state index in [0.717, 1.165) is 12.3 Å². The van der Waals surface area contributed by atoms with Gasteiger partial charge in [-0.2, -0.15) is 17.6 Å². The van der Waals surface area contributed by atoms with Crippen LogP contribution in [0.25, 0.3) is 0 Å². The fraction of sp³-hybridized carbons (Fsp3) is 0.400. The number of amides is 1. The summed E-state index contributed by atoms with van der Waals surface area (Å²) in [6.07, 6.45) is -4.33. The molecule has 1 fully saturated rings. The van der Waals surface area contributed by atoms with Crippen LogP contribution in [0.1, 0.15) is 23.2 Å². The Labute approximate surface area is 98.0 Å². The van der Waals surface area contributed by atoms with E-state index in [1.807, 2.05) is 0 Å². The van der Waals surface area contributed by atoms with Crippen LogP contribution in [0.2, 0.25) is 0 Å². The van der Waals surface area contributed by atoms with Crippen molar-refractivity contribution in [3.63, 3.8) is 0 Å². The van der Waals surface area contributed by atoms with Crippen LogP contribution in [0.15, 0.2) is 12.3 Å². The molecule has 1 aliphatic rings. The summed E-state index contributed by atoms with van der Waals surface area (Å²) in [5.74, 6) is -4.39. The van der Waals surface area contributed by atoms with Gasteiger partial charge in [-0.05, 0) is 18.9 Å². The summed E-state index contributed by atoms with van der Waals surface area (Å²) in [5.41, 5.74) is -3.10. The molecular formula is C10H7F5N2O. The van der Waals surface area contributed by atoms with Crippen molar-refractivity contribution in [1.29, 1.82) is 0 Å². The molecule has 1 saturated carbocycles. The van der Waals surface area contributed by atoms with Crippen molar-refractivity contribution in [2.24, 2.45) is 0 Å². The zero-order chi connectivity index (χ0) is 13.6. The van der Waals surface area contributed by atoms with E-state index in [9.17, 15) is 26.7 Å². The highest BCUT2D eigenvalue weighted by Crippen LogP contribution is 2.49. The van der Waals surface area contributed by atoms with Crippen LogP contribution >= 0.6 is 0 Å². The minimum atomic E-state index is -4.61. The number of alkyl halides is 3. The van der Waals surface area contributed by atoms with Crippen LogP contribution in [-0.2, 0) is 0 Å². The molecule has 0 saturated heterocycles. The van der Waals surface area contributed by atoms with E-state index in [4.69, 9.17) is 0 Å². The summed E-state index contributed by atoms with van der Waals surface area (Å²) in [7, 11) is 0. The molecule has 1 heterocycles. The molecule has 3 nitrogen and oxygen atoms in total. The standard InChI is InChI=1S/C10H7F5N2O/c11-6-5(1-4-16-7(6)12)8(18)17-9(2-3-9)10(13,14)15/h1,4H,2-3H2,(H,17,18). The molecule has 0 spiro atoms. The van der Waals surface area contributed by atoms with Gasteiger partial charge in [0.15, 0.2) is 5.82 Å². The Kier molecular flexibility index (Phi) is 2.75. The van der Waals surface area contributed by atoms with E-state index in [1.165, 1.54) is 0 Å². The molecule has 98 valence electrons. The quantitative estimate of drug-likeness (QED) is 0.658. The summed E-state index contributed by atoms with van der Waals surface area (Å²) < 4.78 is 63.6. The zero-order valence-corrected chi connectivity index (χ0v) is 8.81. The minimum Gasteiger partial charge on any atom is -0.338 e. The largest absolute Gasteiger partial charge is 0.411 e. The molecule has 1 aromatic rings. The maximum atomic E-state index is 13.2. The maximum absolute atomic E-state index is 13.2. The van der Waals surface area contributed by atoms with E-state index in [-0.39, 0.29) is 12.8 Å². The van der Waals surface area contributed by atoms with Crippen LogP contribution < -0.4 is 5.32 Å². The summed E-state index contributed by atoms with van der Waals surface area (Å²) in [5, 5.41) is 1.69. The Morgan fingerprint density at radius 2 is 1.94 bits per heavy atom. The third kappa shape index (κ3) is 2.02. The second-order valence-electron chi connectivity index (χ2n) is 4.00. The first-order valence-electron chi connectivity index (χ1n) is 4.96. The summed E-state index contributed by atoms with van der Waals surface area (Å²) in [6.45, 7) is 0. The molecule has 0 aliphatic heterocycles. The Balaban J connectivity index is 2.21. The SMILES string of the molecule is O=C(NC1(C(F)(F)F)CC1)c1ccnc(F)c1F. The number of hydrogen-bond donors (Lipinski definition) is 1. The number of hydrogen-bond acceptors (Lipinski definition) is 2. The lowest BCUT2D eigenvalue weighted by Gasteiger charge is -2.20. The van der Waals surface area contributed by atoms with Crippen molar-refractivity contribution >= 4 is 5.91 Å². The first-order valence-corrected chi connectivity index (χ1v) is 4.96. The molecule has 0 bridgehead atoms. The lowest BCUT2D eigenvalue weighted by molar-refractivity contribution is -0.163. The monoisotopic (exact) mass is 266 g/mol. The number of rotatable bonds is 2. The van der Waals surface area contributed by atoms with Crippen molar-refractivity contribution < 1.29 is 26.7 Å². The molecule has 0 unspecified atom stereocenters. The third-order valence-electron chi connectivity index (χ3n) is 2.74. The van der Waals surface area contributed by atoms with Crippen LogP contribution in [0.3, 0.4) is 0 Å². The van der Waals surface area contributed by atoms with E-state index in [0.29, 0.717) is 0 Å². The van der Waals surface area contributed by atoms with Crippen molar-refractivity contribution in [2.45, 2.75) is 24.6 Å². The van der Waals surface area contributed by atoms with Crippen molar-refractivity contribution in [1.82, 2.24) is 10.3 Å². The summed E-state index contributed by atoms with van der Waals surface area (Å²) in [4.78, 5) is 14.4. The highest BCUT2D eigenvalue weighted by molar-refractivity contribution is 5.95. The normalized spacial score (nSPS) is 17.4. The Bertz CT molecular complexity index is 496. The van der Waals surface area contributed by atoms with Crippen LogP contribution in [0, 0.1) is 11.8 Å². The molecule has 2 rings (SSSR count). The molecule has 1 amide bonds. The van der Waals surface area contributed by atoms with Gasteiger partial charge in [-0.1, -0.05) is 0 Å². The maximum Gasteiger partial charge on any atom is 0.411 e. The Morgan fingerprint density at radius 1 is 1.33 bits per heavy atom. The van der Waals surface area contributed by atoms with Gasteiger partial charge in [0.2, 0.25) is 5.95 Å². The molecule has 18 heavy (non-hydrogen) atoms. The predicted molar refractivity (Wildman–Crippen MR) is 49.6 cm³/mol. The van der Waals surface area contributed by atoms with Gasteiger partial charge in [-0.25, -0.2) is 9.37 Å². The lowest BCUT2D eigenvalue weighted by Crippen LogP contribution is -2.48. The van der Waals surface area contributed by atoms with Crippen LogP contribution in [0.5, 0.6) is 0 Å². The summed E-state index contributed by atoms with van der Waals surface area (Å²) in [6, 6.07) is 0.820. The number of nitrogens with zero attached hydrogens (tertiary/aromatic N) is 1. The van der Waals surface area contributed by atoms with Gasteiger partial charge in [-0.15, -0.1) is 0 Å². The molecule has 0 aromatic carbocycles. The average molecular weight is 266 g/mol. The van der Waals surface area contributed by atoms with E-state index < -0.39 is 35.0 Å². The lowest BCUT2D eigenvalue weighted by atomic mass is 10.2. The first-order chi connectivity index (χ1) is 8.27. The van der Waals surface area contributed by atoms with Gasteiger partial charge in [0.05, 0.1) is 5.56 Å². The van der Waals surface area contributed by atoms with Crippen molar-refractivity contribution in [3.05, 3.63) is 29.6 Å². The van der Waals surface area contributed by atoms with Gasteiger partial charge >= 0.3 is 6.18 Å². The number of carbonyl (C=O) groups excluding carboxylic acids is 1. The van der Waals surface area contributed by atoms with Gasteiger partial charge in [-0.3, -0.25) is 4.79 Å². The first kappa shape index (κ1) is 12.7. The molecule has 8 heteroatoms. The molecular weight excluding hydrogens is 259 g/mol. The topological polar surface area (TPSA) is 42.0 Å². The van der Waals surface area contributed by atoms with Crippen molar-refractivity contribution in [3.8, 4) is 0 Å². The van der Waals surface area contributed by atoms with E-state index in [2.05, 4.69) is 4.98 Å². The number of halogens is 5. The second-order valence-corrected chi connectivity index (χ2v) is 4.00. The fourth-order valence-electron chi connectivity index (χ4n) is 1.48. The van der Waals surface area contributed by atoms with Gasteiger partial charge < -0.3 is 5.32 Å². The number of nitrogens with one attached hydrogen (secondary N) is 1. The highest BCUT2D eigenvalue weighted by atomic mass is 19.4. The number of carbonyl (C=O) groups is 1. The zero-order valence-electron chi connectivity index (χ0n) is 8.81. The third-order valence-corrected chi connectivity index (χ3v) is 2.74. The molecule has 0 radical (unpaired) electrons. The Morgan fingerprint density at radius 3 is 2.44 bits per heavy atom. The molecule has 0 atom stereocenters. The fourth-order valence-corrected chi connectivity index (χ4v) is 1.48. The smallest absolute Gasteiger partial charge is 0.338 e. The molecule has 1 aliphatic carbocycles. The number of aromatic nitrogens is 1. The van der Waals surface area contributed by atoms with E-state index >= 15 is 0 Å². The summed E-state index contributed by atoms with van der Waals surface area (Å²) >= 11 is 0. The minimum absolute atomic E-state index is 0.266. The van der Waals surface area contributed by atoms with Crippen LogP contribution in [0.4, 0.5) is 22.0 Å². The van der Waals surface area contributed by atoms with Gasteiger partial charge in [0.25, 0.3) is 5.91 Å². The Hall–Kier alpha value is -1.73. The average Bonchev–Trinajstić information content (AvgIpc) is 3.02. The molecule has 1 aromatic heterocycles. The highest BCUT2D eigenvalue weighted by Gasteiger charge is 2.64. The van der Waals surface area contributed by atoms with E-state index in [1.54, 1.807) is 5.32 Å². The number of pyridine rings is 1. The van der Waals surface area contributed by atoms with Crippen LogP contribution in [-0.4, -0.2) is 22.6 Å².